The van der Waals surface area contributed by atoms with Crippen LogP contribution >= 0.6 is 0 Å². The number of H-pyrrole nitrogens is 1. The Morgan fingerprint density at radius 2 is 2.11 bits per heavy atom. The molecule has 1 N–H and O–H groups in total. The molecule has 0 saturated carbocycles. The Morgan fingerprint density at radius 1 is 1.21 bits per heavy atom. The van der Waals surface area contributed by atoms with E-state index >= 15 is 0 Å². The maximum atomic E-state index is 12.8. The van der Waals surface area contributed by atoms with Gasteiger partial charge >= 0.3 is 0 Å². The van der Waals surface area contributed by atoms with Crippen LogP contribution in [-0.2, 0) is 28.8 Å². The lowest BCUT2D eigenvalue weighted by Gasteiger charge is -2.23. The highest BCUT2D eigenvalue weighted by atomic mass is 16.5. The minimum Gasteiger partial charge on any atom is -0.493 e. The van der Waals surface area contributed by atoms with E-state index < -0.39 is 0 Å². The molecule has 0 bridgehead atoms. The summed E-state index contributed by atoms with van der Waals surface area (Å²) in [6.45, 7) is 4.29. The van der Waals surface area contributed by atoms with Crippen molar-refractivity contribution in [3.8, 4) is 17.0 Å². The number of fused-ring (bicyclic) bond motifs is 2. The molecule has 0 aliphatic carbocycles. The molecule has 3 aliphatic heterocycles. The van der Waals surface area contributed by atoms with Gasteiger partial charge in [-0.25, -0.2) is 0 Å². The lowest BCUT2D eigenvalue weighted by atomic mass is 9.98. The topological polar surface area (TPSA) is 67.5 Å². The molecule has 0 radical (unpaired) electrons. The quantitative estimate of drug-likeness (QED) is 0.869. The molecule has 2 atom stereocenters. The number of benzene rings is 1. The van der Waals surface area contributed by atoms with Crippen molar-refractivity contribution in [3.63, 3.8) is 0 Å². The van der Waals surface area contributed by atoms with Gasteiger partial charge in [0.1, 0.15) is 11.9 Å². The molecule has 6 nitrogen and oxygen atoms in total. The van der Waals surface area contributed by atoms with Crippen LogP contribution in [0, 0.1) is 0 Å². The van der Waals surface area contributed by atoms with Crippen LogP contribution in [-0.4, -0.2) is 52.9 Å². The smallest absolute Gasteiger partial charge is 0.251 e. The van der Waals surface area contributed by atoms with Crippen LogP contribution < -0.4 is 4.74 Å². The number of hydrogen-bond acceptors (Lipinski definition) is 4. The van der Waals surface area contributed by atoms with E-state index in [1.807, 2.05) is 11.8 Å². The van der Waals surface area contributed by atoms with E-state index in [0.717, 1.165) is 80.9 Å². The van der Waals surface area contributed by atoms with Gasteiger partial charge in [0.2, 0.25) is 0 Å². The minimum absolute atomic E-state index is 0.148. The number of nitrogens with one attached hydrogen (secondary N) is 1. The number of nitrogens with zero attached hydrogens (tertiary/aromatic N) is 2. The number of carbonyl (C=O) groups is 1. The largest absolute Gasteiger partial charge is 0.493 e. The van der Waals surface area contributed by atoms with Crippen molar-refractivity contribution >= 4 is 5.91 Å². The summed E-state index contributed by atoms with van der Waals surface area (Å²) in [7, 11) is 0. The third-order valence-electron chi connectivity index (χ3n) is 6.22. The number of aryl methyl sites for hydroxylation is 1. The average Bonchev–Trinajstić information content (AvgIpc) is 3.28. The molecule has 6 heteroatoms. The first kappa shape index (κ1) is 17.7. The molecule has 1 saturated heterocycles. The molecule has 1 aromatic carbocycles. The molecule has 5 rings (SSSR count). The molecular weight excluding hydrogens is 354 g/mol. The fraction of sp³-hybridized carbons (Fsp3) is 0.545. The van der Waals surface area contributed by atoms with Crippen molar-refractivity contribution in [2.45, 2.75) is 57.7 Å². The zero-order chi connectivity index (χ0) is 19.1. The van der Waals surface area contributed by atoms with Gasteiger partial charge in [-0.3, -0.25) is 9.89 Å². The molecule has 1 aromatic heterocycles. The van der Waals surface area contributed by atoms with E-state index in [1.165, 1.54) is 11.1 Å². The van der Waals surface area contributed by atoms with E-state index in [1.54, 1.807) is 0 Å². The Hall–Kier alpha value is -2.34. The van der Waals surface area contributed by atoms with Gasteiger partial charge < -0.3 is 14.4 Å². The van der Waals surface area contributed by atoms with Crippen LogP contribution in [0.4, 0.5) is 0 Å². The molecule has 0 spiro atoms. The predicted octanol–water partition coefficient (Wildman–Crippen LogP) is 2.90. The first-order valence-corrected chi connectivity index (χ1v) is 10.5. The number of rotatable bonds is 2. The van der Waals surface area contributed by atoms with Gasteiger partial charge in [-0.05, 0) is 62.8 Å². The Balaban J connectivity index is 1.35. The van der Waals surface area contributed by atoms with Crippen LogP contribution in [0.5, 0.6) is 5.75 Å². The Morgan fingerprint density at radius 3 is 2.96 bits per heavy atom. The van der Waals surface area contributed by atoms with Gasteiger partial charge in [-0.2, -0.15) is 5.10 Å². The molecule has 4 heterocycles. The second-order valence-electron chi connectivity index (χ2n) is 8.14. The van der Waals surface area contributed by atoms with Crippen LogP contribution in [0.3, 0.4) is 0 Å². The predicted molar refractivity (Wildman–Crippen MR) is 105 cm³/mol. The van der Waals surface area contributed by atoms with E-state index in [2.05, 4.69) is 28.4 Å². The highest BCUT2D eigenvalue weighted by molar-refractivity contribution is 5.81. The van der Waals surface area contributed by atoms with Gasteiger partial charge in [0.05, 0.1) is 18.4 Å². The molecule has 3 aliphatic rings. The summed E-state index contributed by atoms with van der Waals surface area (Å²) < 4.78 is 11.5. The third-order valence-corrected chi connectivity index (χ3v) is 6.22. The van der Waals surface area contributed by atoms with E-state index in [-0.39, 0.29) is 18.1 Å². The molecule has 1 amide bonds. The van der Waals surface area contributed by atoms with Gasteiger partial charge in [-0.1, -0.05) is 0 Å². The van der Waals surface area contributed by atoms with Gasteiger partial charge in [-0.15, -0.1) is 0 Å². The SMILES string of the molecule is C[C@@H]1CC[C@H](C(=O)N2CCc3[nH]nc(-c4ccc5c(c4)CCCO5)c3CC2)O1. The van der Waals surface area contributed by atoms with Crippen molar-refractivity contribution in [1.82, 2.24) is 15.1 Å². The van der Waals surface area contributed by atoms with E-state index in [9.17, 15) is 4.79 Å². The third kappa shape index (κ3) is 3.20. The summed E-state index contributed by atoms with van der Waals surface area (Å²) in [6.07, 6.45) is 5.49. The summed E-state index contributed by atoms with van der Waals surface area (Å²) in [5.74, 6) is 1.15. The Kier molecular flexibility index (Phi) is 4.59. The van der Waals surface area contributed by atoms with Crippen LogP contribution in [0.15, 0.2) is 18.2 Å². The summed E-state index contributed by atoms with van der Waals surface area (Å²) in [6, 6.07) is 6.38. The van der Waals surface area contributed by atoms with Crippen LogP contribution in [0.2, 0.25) is 0 Å². The molecule has 1 fully saturated rings. The van der Waals surface area contributed by atoms with Crippen molar-refractivity contribution in [2.24, 2.45) is 0 Å². The molecular formula is C22H27N3O3. The summed E-state index contributed by atoms with van der Waals surface area (Å²) in [4.78, 5) is 14.8. The second kappa shape index (κ2) is 7.24. The summed E-state index contributed by atoms with van der Waals surface area (Å²) in [5, 5.41) is 7.85. The number of aromatic amines is 1. The van der Waals surface area contributed by atoms with E-state index in [4.69, 9.17) is 9.47 Å². The van der Waals surface area contributed by atoms with Gasteiger partial charge in [0.15, 0.2) is 0 Å². The fourth-order valence-electron chi connectivity index (χ4n) is 4.64. The zero-order valence-corrected chi connectivity index (χ0v) is 16.4. The molecule has 2 aromatic rings. The second-order valence-corrected chi connectivity index (χ2v) is 8.14. The number of ether oxygens (including phenoxy) is 2. The van der Waals surface area contributed by atoms with Crippen molar-refractivity contribution < 1.29 is 14.3 Å². The zero-order valence-electron chi connectivity index (χ0n) is 16.4. The lowest BCUT2D eigenvalue weighted by molar-refractivity contribution is -0.142. The standard InChI is InChI=1S/C22H27N3O3/c1-14-4-6-20(28-14)22(26)25-10-8-17-18(9-11-25)23-24-21(17)16-5-7-19-15(13-16)3-2-12-27-19/h5,7,13-14,20H,2-4,6,8-12H2,1H3,(H,23,24)/t14-,20-/m1/s1. The number of hydrogen-bond donors (Lipinski definition) is 1. The minimum atomic E-state index is -0.260. The maximum absolute atomic E-state index is 12.8. The van der Waals surface area contributed by atoms with Gasteiger partial charge in [0, 0.05) is 36.3 Å². The lowest BCUT2D eigenvalue weighted by Crippen LogP contribution is -2.40. The number of amides is 1. The Bertz CT molecular complexity index is 891. The number of aromatic nitrogens is 2. The average molecular weight is 381 g/mol. The first-order chi connectivity index (χ1) is 13.7. The van der Waals surface area contributed by atoms with Gasteiger partial charge in [0.25, 0.3) is 5.91 Å². The summed E-state index contributed by atoms with van der Waals surface area (Å²) in [5.41, 5.74) is 5.81. The fourth-order valence-corrected chi connectivity index (χ4v) is 4.64. The molecule has 148 valence electrons. The van der Waals surface area contributed by atoms with Crippen molar-refractivity contribution in [3.05, 3.63) is 35.0 Å². The van der Waals surface area contributed by atoms with Crippen LogP contribution in [0.1, 0.15) is 43.0 Å². The highest BCUT2D eigenvalue weighted by Gasteiger charge is 2.33. The highest BCUT2D eigenvalue weighted by Crippen LogP contribution is 2.33. The molecule has 0 unspecified atom stereocenters. The summed E-state index contributed by atoms with van der Waals surface area (Å²) >= 11 is 0. The molecule has 28 heavy (non-hydrogen) atoms. The maximum Gasteiger partial charge on any atom is 0.251 e. The van der Waals surface area contributed by atoms with Crippen molar-refractivity contribution in [1.29, 1.82) is 0 Å². The normalized spacial score (nSPS) is 24.2. The van der Waals surface area contributed by atoms with Crippen molar-refractivity contribution in [2.75, 3.05) is 19.7 Å². The monoisotopic (exact) mass is 381 g/mol. The first-order valence-electron chi connectivity index (χ1n) is 10.5. The van der Waals surface area contributed by atoms with Crippen LogP contribution in [0.25, 0.3) is 11.3 Å². The number of carbonyl (C=O) groups excluding carboxylic acids is 1. The van der Waals surface area contributed by atoms with E-state index in [0.29, 0.717) is 0 Å². The Labute approximate surface area is 165 Å².